The Morgan fingerprint density at radius 2 is 1.47 bits per heavy atom. The lowest BCUT2D eigenvalue weighted by Gasteiger charge is -2.42. The van der Waals surface area contributed by atoms with Gasteiger partial charge in [-0.15, -0.1) is 5.01 Å². The SMILES string of the molecule is CC(=O)OC[C@H]1O[C@@H](O/N=[N+](\[O-])N2CCC(O)CC2)[C@H](OC(C)=O)[C@@H](OC(C)=O)[C@@H]1OC(C)=O. The van der Waals surface area contributed by atoms with Crippen molar-refractivity contribution >= 4 is 23.9 Å². The van der Waals surface area contributed by atoms with Crippen LogP contribution in [0.5, 0.6) is 0 Å². The van der Waals surface area contributed by atoms with Gasteiger partial charge in [0, 0.05) is 27.7 Å². The average molecular weight is 491 g/mol. The molecule has 2 saturated heterocycles. The van der Waals surface area contributed by atoms with Crippen molar-refractivity contribution in [3.05, 3.63) is 5.21 Å². The minimum absolute atomic E-state index is 0.153. The van der Waals surface area contributed by atoms with Crippen LogP contribution in [-0.4, -0.2) is 95.5 Å². The standard InChI is InChI=1S/C19H29N3O12/c1-10(23)29-9-15-16(30-11(2)24)17(31-12(3)25)18(32-13(4)26)19(33-15)34-20-22(28)21-7-5-14(27)6-8-21/h14-19,27H,5-9H2,1-4H3/b22-20-/t15-,16-,17+,18-,19+/m1/s1. The van der Waals surface area contributed by atoms with Crippen LogP contribution in [0.1, 0.15) is 40.5 Å². The molecule has 34 heavy (non-hydrogen) atoms. The van der Waals surface area contributed by atoms with Crippen LogP contribution >= 0.6 is 0 Å². The summed E-state index contributed by atoms with van der Waals surface area (Å²) in [6, 6.07) is 0. The molecule has 0 unspecified atom stereocenters. The Labute approximate surface area is 195 Å². The molecule has 0 amide bonds. The molecule has 1 N–H and O–H groups in total. The number of carbonyl (C=O) groups is 4. The van der Waals surface area contributed by atoms with Gasteiger partial charge in [0.1, 0.15) is 12.7 Å². The van der Waals surface area contributed by atoms with E-state index in [0.29, 0.717) is 12.8 Å². The number of esters is 4. The maximum atomic E-state index is 12.3. The third-order valence-corrected chi connectivity index (χ3v) is 4.85. The van der Waals surface area contributed by atoms with Crippen LogP contribution in [0.4, 0.5) is 0 Å². The number of carbonyl (C=O) groups excluding carboxylic acids is 4. The molecule has 2 rings (SSSR count). The largest absolute Gasteiger partial charge is 0.569 e. The van der Waals surface area contributed by atoms with Crippen molar-refractivity contribution in [1.82, 2.24) is 5.01 Å². The molecule has 0 spiro atoms. The quantitative estimate of drug-likeness (QED) is 0.148. The zero-order valence-electron chi connectivity index (χ0n) is 19.3. The molecule has 15 heteroatoms. The fourth-order valence-corrected chi connectivity index (χ4v) is 3.44. The molecule has 2 aliphatic heterocycles. The number of hydrazine groups is 1. The highest BCUT2D eigenvalue weighted by atomic mass is 16.8. The summed E-state index contributed by atoms with van der Waals surface area (Å²) >= 11 is 0. The molecule has 0 aromatic rings. The Bertz CT molecular complexity index is 782. The van der Waals surface area contributed by atoms with Crippen molar-refractivity contribution in [2.45, 2.75) is 77.3 Å². The van der Waals surface area contributed by atoms with Gasteiger partial charge in [-0.1, -0.05) is 0 Å². The van der Waals surface area contributed by atoms with Crippen LogP contribution in [0.25, 0.3) is 0 Å². The first-order valence-corrected chi connectivity index (χ1v) is 10.5. The van der Waals surface area contributed by atoms with E-state index in [1.807, 2.05) is 0 Å². The van der Waals surface area contributed by atoms with Gasteiger partial charge in [0.15, 0.2) is 12.2 Å². The Balaban J connectivity index is 2.33. The third-order valence-electron chi connectivity index (χ3n) is 4.85. The van der Waals surface area contributed by atoms with Crippen molar-refractivity contribution in [1.29, 1.82) is 0 Å². The van der Waals surface area contributed by atoms with Gasteiger partial charge in [-0.25, -0.2) is 0 Å². The van der Waals surface area contributed by atoms with Gasteiger partial charge >= 0.3 is 23.9 Å². The second-order valence-electron chi connectivity index (χ2n) is 7.69. The second-order valence-corrected chi connectivity index (χ2v) is 7.69. The van der Waals surface area contributed by atoms with Crippen LogP contribution in [-0.2, 0) is 47.7 Å². The molecule has 0 bridgehead atoms. The molecule has 2 aliphatic rings. The second kappa shape index (κ2) is 12.3. The van der Waals surface area contributed by atoms with Gasteiger partial charge < -0.3 is 38.8 Å². The Morgan fingerprint density at radius 1 is 0.941 bits per heavy atom. The summed E-state index contributed by atoms with van der Waals surface area (Å²) in [5, 5.41) is 26.6. The number of rotatable bonds is 8. The van der Waals surface area contributed by atoms with E-state index < -0.39 is 67.3 Å². The molecule has 0 aliphatic carbocycles. The maximum Gasteiger partial charge on any atom is 0.303 e. The lowest BCUT2D eigenvalue weighted by atomic mass is 9.98. The first-order chi connectivity index (χ1) is 16.0. The highest BCUT2D eigenvalue weighted by molar-refractivity contribution is 5.68. The third kappa shape index (κ3) is 7.98. The summed E-state index contributed by atoms with van der Waals surface area (Å²) < 4.78 is 26.3. The number of ether oxygens (including phenoxy) is 5. The zero-order chi connectivity index (χ0) is 25.4. The molecular weight excluding hydrogens is 462 g/mol. The van der Waals surface area contributed by atoms with Crippen LogP contribution in [0.15, 0.2) is 5.28 Å². The fraction of sp³-hybridized carbons (Fsp3) is 0.789. The summed E-state index contributed by atoms with van der Waals surface area (Å²) in [4.78, 5) is 51.9. The summed E-state index contributed by atoms with van der Waals surface area (Å²) in [6.45, 7) is 4.38. The Hall–Kier alpha value is -3.20. The Morgan fingerprint density at radius 3 is 2.00 bits per heavy atom. The first kappa shape index (κ1) is 27.0. The molecular formula is C19H29N3O12. The number of aliphatic hydroxyl groups excluding tert-OH is 1. The number of hydrogen-bond acceptors (Lipinski definition) is 13. The molecule has 0 saturated carbocycles. The van der Waals surface area contributed by atoms with Gasteiger partial charge in [0.25, 0.3) is 6.29 Å². The molecule has 2 heterocycles. The minimum atomic E-state index is -1.60. The minimum Gasteiger partial charge on any atom is -0.569 e. The molecule has 5 atom stereocenters. The maximum absolute atomic E-state index is 12.3. The van der Waals surface area contributed by atoms with Crippen LogP contribution < -0.4 is 0 Å². The topological polar surface area (TPSA) is 186 Å². The fourth-order valence-electron chi connectivity index (χ4n) is 3.44. The van der Waals surface area contributed by atoms with Crippen molar-refractivity contribution in [3.63, 3.8) is 0 Å². The molecule has 2 fully saturated rings. The van der Waals surface area contributed by atoms with Gasteiger partial charge in [0.05, 0.1) is 24.2 Å². The van der Waals surface area contributed by atoms with E-state index in [-0.39, 0.29) is 18.1 Å². The number of nitrogens with zero attached hydrogens (tertiary/aromatic N) is 3. The van der Waals surface area contributed by atoms with E-state index >= 15 is 0 Å². The van der Waals surface area contributed by atoms with Gasteiger partial charge in [-0.05, 0) is 12.8 Å². The van der Waals surface area contributed by atoms with E-state index in [9.17, 15) is 29.5 Å². The van der Waals surface area contributed by atoms with Crippen molar-refractivity contribution < 1.29 is 57.8 Å². The normalized spacial score (nSPS) is 28.0. The van der Waals surface area contributed by atoms with Gasteiger partial charge in [0.2, 0.25) is 11.4 Å². The van der Waals surface area contributed by atoms with Crippen molar-refractivity contribution in [2.75, 3.05) is 19.7 Å². The van der Waals surface area contributed by atoms with Crippen molar-refractivity contribution in [2.24, 2.45) is 5.28 Å². The molecule has 15 nitrogen and oxygen atoms in total. The molecule has 0 aromatic heterocycles. The number of aliphatic hydroxyl groups is 1. The van der Waals surface area contributed by atoms with E-state index in [2.05, 4.69) is 5.28 Å². The van der Waals surface area contributed by atoms with Crippen LogP contribution in [0.2, 0.25) is 0 Å². The summed E-state index contributed by atoms with van der Waals surface area (Å²) in [5.74, 6) is -3.07. The van der Waals surface area contributed by atoms with E-state index in [1.54, 1.807) is 0 Å². The predicted molar refractivity (Wildman–Crippen MR) is 106 cm³/mol. The Kier molecular flexibility index (Phi) is 9.80. The smallest absolute Gasteiger partial charge is 0.303 e. The first-order valence-electron chi connectivity index (χ1n) is 10.5. The van der Waals surface area contributed by atoms with Gasteiger partial charge in [-0.2, -0.15) is 0 Å². The summed E-state index contributed by atoms with van der Waals surface area (Å²) in [7, 11) is 0. The predicted octanol–water partition coefficient (Wildman–Crippen LogP) is -0.665. The molecule has 192 valence electrons. The zero-order valence-corrected chi connectivity index (χ0v) is 19.3. The van der Waals surface area contributed by atoms with Crippen LogP contribution in [0, 0.1) is 5.21 Å². The highest BCUT2D eigenvalue weighted by Crippen LogP contribution is 2.30. The lowest BCUT2D eigenvalue weighted by molar-refractivity contribution is -0.716. The van der Waals surface area contributed by atoms with Gasteiger partial charge in [-0.3, -0.25) is 19.2 Å². The number of hydrogen-bond donors (Lipinski definition) is 1. The van der Waals surface area contributed by atoms with E-state index in [1.165, 1.54) is 5.01 Å². The van der Waals surface area contributed by atoms with E-state index in [0.717, 1.165) is 27.7 Å². The monoisotopic (exact) mass is 491 g/mol. The molecule has 0 radical (unpaired) electrons. The molecule has 0 aromatic carbocycles. The lowest BCUT2D eigenvalue weighted by Crippen LogP contribution is -2.62. The number of piperidine rings is 1. The van der Waals surface area contributed by atoms with Crippen LogP contribution in [0.3, 0.4) is 0 Å². The average Bonchev–Trinajstić information content (AvgIpc) is 2.73. The van der Waals surface area contributed by atoms with E-state index in [4.69, 9.17) is 28.5 Å². The summed E-state index contributed by atoms with van der Waals surface area (Å²) in [6.07, 6.45) is -6.94. The summed E-state index contributed by atoms with van der Waals surface area (Å²) in [5.41, 5.74) is 0. The van der Waals surface area contributed by atoms with Crippen molar-refractivity contribution in [3.8, 4) is 0 Å². The highest BCUT2D eigenvalue weighted by Gasteiger charge is 2.54.